The van der Waals surface area contributed by atoms with Crippen LogP contribution < -0.4 is 5.32 Å². The number of hydrogen-bond donors (Lipinski definition) is 2. The predicted octanol–water partition coefficient (Wildman–Crippen LogP) is 2.65. The zero-order valence-corrected chi connectivity index (χ0v) is 10.1. The molecule has 4 nitrogen and oxygen atoms in total. The quantitative estimate of drug-likeness (QED) is 0.765. The van der Waals surface area contributed by atoms with E-state index >= 15 is 0 Å². The van der Waals surface area contributed by atoms with Gasteiger partial charge in [0.25, 0.3) is 0 Å². The van der Waals surface area contributed by atoms with E-state index in [4.69, 9.17) is 9.52 Å². The zero-order chi connectivity index (χ0) is 12.3. The molecule has 17 heavy (non-hydrogen) atoms. The second kappa shape index (κ2) is 5.36. The Morgan fingerprint density at radius 1 is 1.65 bits per heavy atom. The summed E-state index contributed by atoms with van der Waals surface area (Å²) in [6.45, 7) is 2.65. The first-order valence-corrected chi connectivity index (χ1v) is 6.23. The van der Waals surface area contributed by atoms with E-state index in [1.807, 2.05) is 0 Å². The van der Waals surface area contributed by atoms with Crippen molar-refractivity contribution in [3.63, 3.8) is 0 Å². The van der Waals surface area contributed by atoms with Gasteiger partial charge < -0.3 is 14.8 Å². The lowest BCUT2D eigenvalue weighted by molar-refractivity contribution is 0.0694. The third kappa shape index (κ3) is 3.33. The van der Waals surface area contributed by atoms with E-state index in [0.29, 0.717) is 18.3 Å². The van der Waals surface area contributed by atoms with Gasteiger partial charge in [0.2, 0.25) is 0 Å². The van der Waals surface area contributed by atoms with Crippen LogP contribution in [0.3, 0.4) is 0 Å². The number of rotatable bonds is 7. The molecule has 1 saturated carbocycles. The molecule has 1 fully saturated rings. The molecule has 0 aromatic carbocycles. The largest absolute Gasteiger partial charge is 0.478 e. The van der Waals surface area contributed by atoms with E-state index in [1.54, 1.807) is 0 Å². The predicted molar refractivity (Wildman–Crippen MR) is 63.9 cm³/mol. The molecule has 0 amide bonds. The first-order chi connectivity index (χ1) is 8.20. The maximum absolute atomic E-state index is 10.9. The van der Waals surface area contributed by atoms with Crippen molar-refractivity contribution in [2.45, 2.75) is 45.2 Å². The van der Waals surface area contributed by atoms with E-state index in [2.05, 4.69) is 12.2 Å². The van der Waals surface area contributed by atoms with Crippen molar-refractivity contribution >= 4 is 5.97 Å². The van der Waals surface area contributed by atoms with Gasteiger partial charge in [-0.25, -0.2) is 4.79 Å². The summed E-state index contributed by atoms with van der Waals surface area (Å²) in [5, 5.41) is 12.3. The highest BCUT2D eigenvalue weighted by atomic mass is 16.4. The Bertz CT molecular complexity index is 382. The third-order valence-electron chi connectivity index (χ3n) is 3.33. The van der Waals surface area contributed by atoms with Crippen LogP contribution in [0.5, 0.6) is 0 Å². The Morgan fingerprint density at radius 3 is 3.00 bits per heavy atom. The maximum Gasteiger partial charge on any atom is 0.339 e. The van der Waals surface area contributed by atoms with Gasteiger partial charge in [-0.3, -0.25) is 0 Å². The average Bonchev–Trinajstić information content (AvgIpc) is 2.99. The Labute approximate surface area is 101 Å². The van der Waals surface area contributed by atoms with Crippen LogP contribution in [0, 0.1) is 5.92 Å². The van der Waals surface area contributed by atoms with Gasteiger partial charge >= 0.3 is 5.97 Å². The lowest BCUT2D eigenvalue weighted by atomic mass is 10.1. The standard InChI is InChI=1S/C13H19NO3/c1-2-10(7-9-3-4-9)14-8-12-11(13(15)16)5-6-17-12/h5-6,9-10,14H,2-4,7-8H2,1H3,(H,15,16). The van der Waals surface area contributed by atoms with Crippen LogP contribution in [-0.4, -0.2) is 17.1 Å². The number of carbonyl (C=O) groups is 1. The van der Waals surface area contributed by atoms with Gasteiger partial charge in [-0.15, -0.1) is 0 Å². The van der Waals surface area contributed by atoms with Gasteiger partial charge in [0.05, 0.1) is 12.8 Å². The summed E-state index contributed by atoms with van der Waals surface area (Å²) in [7, 11) is 0. The first kappa shape index (κ1) is 12.2. The second-order valence-corrected chi connectivity index (χ2v) is 4.73. The summed E-state index contributed by atoms with van der Waals surface area (Å²) in [5.41, 5.74) is 0.263. The molecule has 2 N–H and O–H groups in total. The minimum atomic E-state index is -0.925. The monoisotopic (exact) mass is 237 g/mol. The molecule has 94 valence electrons. The molecule has 0 aliphatic heterocycles. The van der Waals surface area contributed by atoms with Gasteiger partial charge in [0, 0.05) is 6.04 Å². The molecule has 1 aliphatic carbocycles. The number of furan rings is 1. The van der Waals surface area contributed by atoms with Crippen LogP contribution in [0.25, 0.3) is 0 Å². The number of aromatic carboxylic acids is 1. The fourth-order valence-electron chi connectivity index (χ4n) is 2.06. The summed E-state index contributed by atoms with van der Waals surface area (Å²) in [6, 6.07) is 1.97. The lowest BCUT2D eigenvalue weighted by Gasteiger charge is -2.15. The van der Waals surface area contributed by atoms with Crippen molar-refractivity contribution in [1.82, 2.24) is 5.32 Å². The molecule has 0 bridgehead atoms. The normalized spacial score (nSPS) is 17.0. The van der Waals surface area contributed by atoms with Crippen LogP contribution in [0.15, 0.2) is 16.7 Å². The molecule has 4 heteroatoms. The highest BCUT2D eigenvalue weighted by Gasteiger charge is 2.24. The van der Waals surface area contributed by atoms with Gasteiger partial charge in [0.15, 0.2) is 0 Å². The summed E-state index contributed by atoms with van der Waals surface area (Å²) in [5.74, 6) is 0.473. The van der Waals surface area contributed by atoms with Crippen molar-refractivity contribution < 1.29 is 14.3 Å². The van der Waals surface area contributed by atoms with Crippen molar-refractivity contribution in [2.24, 2.45) is 5.92 Å². The SMILES string of the molecule is CCC(CC1CC1)NCc1occc1C(=O)O. The Balaban J connectivity index is 1.86. The fraction of sp³-hybridized carbons (Fsp3) is 0.615. The van der Waals surface area contributed by atoms with Gasteiger partial charge in [-0.1, -0.05) is 19.8 Å². The van der Waals surface area contributed by atoms with Crippen molar-refractivity contribution in [3.8, 4) is 0 Å². The van der Waals surface area contributed by atoms with Gasteiger partial charge in [-0.05, 0) is 24.8 Å². The third-order valence-corrected chi connectivity index (χ3v) is 3.33. The highest BCUT2D eigenvalue weighted by molar-refractivity contribution is 5.88. The molecule has 1 heterocycles. The van der Waals surface area contributed by atoms with Crippen LogP contribution in [0.4, 0.5) is 0 Å². The van der Waals surface area contributed by atoms with E-state index < -0.39 is 5.97 Å². The average molecular weight is 237 g/mol. The lowest BCUT2D eigenvalue weighted by Crippen LogP contribution is -2.28. The topological polar surface area (TPSA) is 62.5 Å². The van der Waals surface area contributed by atoms with Crippen molar-refractivity contribution in [1.29, 1.82) is 0 Å². The van der Waals surface area contributed by atoms with E-state index in [-0.39, 0.29) is 5.56 Å². The van der Waals surface area contributed by atoms with Crippen LogP contribution in [0.2, 0.25) is 0 Å². The molecule has 0 saturated heterocycles. The molecule has 2 rings (SSSR count). The Kier molecular flexibility index (Phi) is 3.84. The van der Waals surface area contributed by atoms with Crippen LogP contribution in [-0.2, 0) is 6.54 Å². The summed E-state index contributed by atoms with van der Waals surface area (Å²) in [4.78, 5) is 10.9. The maximum atomic E-state index is 10.9. The van der Waals surface area contributed by atoms with Crippen molar-refractivity contribution in [2.75, 3.05) is 0 Å². The number of nitrogens with one attached hydrogen (secondary N) is 1. The van der Waals surface area contributed by atoms with Gasteiger partial charge in [-0.2, -0.15) is 0 Å². The number of carboxylic acids is 1. The second-order valence-electron chi connectivity index (χ2n) is 4.73. The molecule has 1 aromatic rings. The molecule has 1 aromatic heterocycles. The molecule has 1 atom stereocenters. The minimum absolute atomic E-state index is 0.263. The first-order valence-electron chi connectivity index (χ1n) is 6.23. The molecule has 0 radical (unpaired) electrons. The zero-order valence-electron chi connectivity index (χ0n) is 10.1. The summed E-state index contributed by atoms with van der Waals surface area (Å²) < 4.78 is 5.20. The molecule has 1 unspecified atom stereocenters. The van der Waals surface area contributed by atoms with Crippen molar-refractivity contribution in [3.05, 3.63) is 23.7 Å². The number of carboxylic acid groups (broad SMARTS) is 1. The minimum Gasteiger partial charge on any atom is -0.478 e. The number of hydrogen-bond acceptors (Lipinski definition) is 3. The highest BCUT2D eigenvalue weighted by Crippen LogP contribution is 2.34. The smallest absolute Gasteiger partial charge is 0.339 e. The Hall–Kier alpha value is -1.29. The van der Waals surface area contributed by atoms with E-state index in [1.165, 1.54) is 31.6 Å². The summed E-state index contributed by atoms with van der Waals surface area (Å²) in [6.07, 6.45) is 6.39. The van der Waals surface area contributed by atoms with Crippen LogP contribution >= 0.6 is 0 Å². The summed E-state index contributed by atoms with van der Waals surface area (Å²) >= 11 is 0. The molecular weight excluding hydrogens is 218 g/mol. The molecule has 0 spiro atoms. The van der Waals surface area contributed by atoms with E-state index in [9.17, 15) is 4.79 Å². The Morgan fingerprint density at radius 2 is 2.41 bits per heavy atom. The molecule has 1 aliphatic rings. The van der Waals surface area contributed by atoms with E-state index in [0.717, 1.165) is 12.3 Å². The van der Waals surface area contributed by atoms with Gasteiger partial charge in [0.1, 0.15) is 11.3 Å². The molecular formula is C13H19NO3. The van der Waals surface area contributed by atoms with Crippen LogP contribution in [0.1, 0.15) is 48.7 Å². The fourth-order valence-corrected chi connectivity index (χ4v) is 2.06.